The molecule has 0 amide bonds. The van der Waals surface area contributed by atoms with Crippen LogP contribution in [0.25, 0.3) is 11.2 Å². The Morgan fingerprint density at radius 1 is 1.26 bits per heavy atom. The topological polar surface area (TPSA) is 69.6 Å². The molecule has 3 aromatic rings. The molecule has 1 unspecified atom stereocenters. The molecule has 0 aromatic carbocycles. The van der Waals surface area contributed by atoms with Crippen molar-refractivity contribution in [3.63, 3.8) is 0 Å². The molecule has 0 radical (unpaired) electrons. The Kier molecular flexibility index (Phi) is 2.67. The normalized spacial score (nSPS) is 12.7. The Hall–Kier alpha value is -2.43. The number of hydrogen-bond acceptors (Lipinski definition) is 4. The van der Waals surface area contributed by atoms with E-state index < -0.39 is 0 Å². The molecule has 2 N–H and O–H groups in total. The van der Waals surface area contributed by atoms with Crippen molar-refractivity contribution in [2.24, 2.45) is 0 Å². The molecule has 19 heavy (non-hydrogen) atoms. The Labute approximate surface area is 111 Å². The third-order valence-corrected chi connectivity index (χ3v) is 3.27. The van der Waals surface area contributed by atoms with Crippen molar-refractivity contribution in [1.29, 1.82) is 0 Å². The number of nitrogens with two attached hydrogens (primary N) is 1. The number of aryl methyl sites for hydroxylation is 1. The zero-order valence-electron chi connectivity index (χ0n) is 10.9. The zero-order chi connectivity index (χ0) is 13.4. The van der Waals surface area contributed by atoms with Gasteiger partial charge in [0.05, 0.1) is 6.04 Å². The summed E-state index contributed by atoms with van der Waals surface area (Å²) in [5, 5.41) is 0. The first-order valence-corrected chi connectivity index (χ1v) is 6.17. The van der Waals surface area contributed by atoms with Gasteiger partial charge in [0, 0.05) is 18.6 Å². The molecular weight excluding hydrogens is 238 g/mol. The largest absolute Gasteiger partial charge is 0.369 e. The fourth-order valence-electron chi connectivity index (χ4n) is 2.27. The van der Waals surface area contributed by atoms with E-state index in [1.165, 1.54) is 0 Å². The Morgan fingerprint density at radius 2 is 2.00 bits per heavy atom. The van der Waals surface area contributed by atoms with E-state index in [4.69, 9.17) is 5.73 Å². The Balaban J connectivity index is 2.17. The van der Waals surface area contributed by atoms with Crippen LogP contribution in [0, 0.1) is 6.92 Å². The summed E-state index contributed by atoms with van der Waals surface area (Å²) >= 11 is 0. The lowest BCUT2D eigenvalue weighted by Crippen LogP contribution is -2.10. The van der Waals surface area contributed by atoms with Crippen LogP contribution in [-0.4, -0.2) is 19.5 Å². The van der Waals surface area contributed by atoms with Crippen LogP contribution >= 0.6 is 0 Å². The smallest absolute Gasteiger partial charge is 0.203 e. The molecule has 0 spiro atoms. The fraction of sp³-hybridized carbons (Fsp3) is 0.214. The van der Waals surface area contributed by atoms with Crippen LogP contribution in [0.5, 0.6) is 0 Å². The number of rotatable bonds is 2. The van der Waals surface area contributed by atoms with E-state index in [9.17, 15) is 0 Å². The number of imidazole rings is 1. The third kappa shape index (κ3) is 1.93. The Morgan fingerprint density at radius 3 is 2.74 bits per heavy atom. The molecule has 3 rings (SSSR count). The summed E-state index contributed by atoms with van der Waals surface area (Å²) in [6.45, 7) is 4.07. The van der Waals surface area contributed by atoms with Gasteiger partial charge in [-0.3, -0.25) is 9.55 Å². The maximum atomic E-state index is 6.04. The second kappa shape index (κ2) is 4.35. The second-order valence-electron chi connectivity index (χ2n) is 4.65. The summed E-state index contributed by atoms with van der Waals surface area (Å²) in [7, 11) is 0. The molecule has 5 nitrogen and oxygen atoms in total. The third-order valence-electron chi connectivity index (χ3n) is 3.27. The number of fused-ring (bicyclic) bond motifs is 1. The van der Waals surface area contributed by atoms with Crippen LogP contribution in [0.4, 0.5) is 5.95 Å². The predicted octanol–water partition coefficient (Wildman–Crippen LogP) is 2.33. The van der Waals surface area contributed by atoms with Crippen molar-refractivity contribution in [1.82, 2.24) is 19.5 Å². The van der Waals surface area contributed by atoms with Crippen molar-refractivity contribution in [2.45, 2.75) is 19.9 Å². The molecule has 3 heterocycles. The standard InChI is InChI=1S/C14H15N5/c1-9-7-12-13(17-8-9)19(14(15)18-12)10(2)11-3-5-16-6-4-11/h3-8,10H,1-2H3,(H2,15,18). The highest BCUT2D eigenvalue weighted by molar-refractivity contribution is 5.75. The van der Waals surface area contributed by atoms with Gasteiger partial charge in [0.1, 0.15) is 5.52 Å². The van der Waals surface area contributed by atoms with E-state index in [2.05, 4.69) is 21.9 Å². The van der Waals surface area contributed by atoms with Gasteiger partial charge in [0.25, 0.3) is 0 Å². The molecule has 3 aromatic heterocycles. The number of pyridine rings is 2. The van der Waals surface area contributed by atoms with Gasteiger partial charge in [-0.05, 0) is 43.2 Å². The lowest BCUT2D eigenvalue weighted by atomic mass is 10.1. The highest BCUT2D eigenvalue weighted by atomic mass is 15.2. The number of nitrogens with zero attached hydrogens (tertiary/aromatic N) is 4. The van der Waals surface area contributed by atoms with Gasteiger partial charge in [0.15, 0.2) is 5.65 Å². The molecule has 0 saturated carbocycles. The van der Waals surface area contributed by atoms with Crippen molar-refractivity contribution >= 4 is 17.1 Å². The SMILES string of the molecule is Cc1cnc2c(c1)nc(N)n2C(C)c1ccncc1. The average Bonchev–Trinajstić information content (AvgIpc) is 2.74. The first-order chi connectivity index (χ1) is 9.16. The van der Waals surface area contributed by atoms with Crippen molar-refractivity contribution in [3.8, 4) is 0 Å². The van der Waals surface area contributed by atoms with E-state index >= 15 is 0 Å². The molecule has 0 fully saturated rings. The van der Waals surface area contributed by atoms with Crippen LogP contribution in [0.3, 0.4) is 0 Å². The first-order valence-electron chi connectivity index (χ1n) is 6.17. The summed E-state index contributed by atoms with van der Waals surface area (Å²) in [5.41, 5.74) is 9.89. The zero-order valence-corrected chi connectivity index (χ0v) is 10.9. The lowest BCUT2D eigenvalue weighted by molar-refractivity contribution is 0.661. The van der Waals surface area contributed by atoms with E-state index in [0.717, 1.165) is 22.3 Å². The van der Waals surface area contributed by atoms with E-state index in [1.54, 1.807) is 12.4 Å². The highest BCUT2D eigenvalue weighted by Crippen LogP contribution is 2.25. The number of anilines is 1. The van der Waals surface area contributed by atoms with Crippen LogP contribution in [0.1, 0.15) is 24.1 Å². The van der Waals surface area contributed by atoms with Crippen LogP contribution in [0.15, 0.2) is 36.8 Å². The van der Waals surface area contributed by atoms with E-state index in [0.29, 0.717) is 5.95 Å². The number of nitrogen functional groups attached to an aromatic ring is 1. The molecule has 0 aliphatic rings. The Bertz CT molecular complexity index is 717. The maximum Gasteiger partial charge on any atom is 0.203 e. The summed E-state index contributed by atoms with van der Waals surface area (Å²) < 4.78 is 1.95. The molecule has 0 saturated heterocycles. The van der Waals surface area contributed by atoms with Gasteiger partial charge in [0.2, 0.25) is 5.95 Å². The molecule has 0 bridgehead atoms. The van der Waals surface area contributed by atoms with Gasteiger partial charge in [-0.2, -0.15) is 0 Å². The maximum absolute atomic E-state index is 6.04. The minimum absolute atomic E-state index is 0.0724. The van der Waals surface area contributed by atoms with Crippen LogP contribution in [-0.2, 0) is 0 Å². The van der Waals surface area contributed by atoms with Crippen molar-refractivity contribution in [2.75, 3.05) is 5.73 Å². The molecule has 96 valence electrons. The molecule has 5 heteroatoms. The first kappa shape index (κ1) is 11.6. The van der Waals surface area contributed by atoms with Gasteiger partial charge in [-0.1, -0.05) is 0 Å². The molecule has 0 aliphatic heterocycles. The summed E-state index contributed by atoms with van der Waals surface area (Å²) in [4.78, 5) is 12.9. The molecule has 1 atom stereocenters. The monoisotopic (exact) mass is 253 g/mol. The molecule has 0 aliphatic carbocycles. The fourth-order valence-corrected chi connectivity index (χ4v) is 2.27. The summed E-state index contributed by atoms with van der Waals surface area (Å²) in [5.74, 6) is 0.484. The van der Waals surface area contributed by atoms with Gasteiger partial charge >= 0.3 is 0 Å². The highest BCUT2D eigenvalue weighted by Gasteiger charge is 2.16. The molecular formula is C14H15N5. The van der Waals surface area contributed by atoms with Gasteiger partial charge < -0.3 is 5.73 Å². The minimum atomic E-state index is 0.0724. The summed E-state index contributed by atoms with van der Waals surface area (Å²) in [6.07, 6.45) is 5.39. The van der Waals surface area contributed by atoms with Crippen LogP contribution < -0.4 is 5.73 Å². The lowest BCUT2D eigenvalue weighted by Gasteiger charge is -2.15. The quantitative estimate of drug-likeness (QED) is 0.761. The summed E-state index contributed by atoms with van der Waals surface area (Å²) in [6, 6.07) is 6.02. The van der Waals surface area contributed by atoms with Crippen molar-refractivity contribution in [3.05, 3.63) is 47.9 Å². The van der Waals surface area contributed by atoms with Gasteiger partial charge in [-0.15, -0.1) is 0 Å². The average molecular weight is 253 g/mol. The number of aromatic nitrogens is 4. The second-order valence-corrected chi connectivity index (χ2v) is 4.65. The minimum Gasteiger partial charge on any atom is -0.369 e. The predicted molar refractivity (Wildman–Crippen MR) is 74.7 cm³/mol. The van der Waals surface area contributed by atoms with Crippen LogP contribution in [0.2, 0.25) is 0 Å². The number of hydrogen-bond donors (Lipinski definition) is 1. The van der Waals surface area contributed by atoms with E-state index in [1.807, 2.05) is 35.9 Å². The van der Waals surface area contributed by atoms with Gasteiger partial charge in [-0.25, -0.2) is 9.97 Å². The van der Waals surface area contributed by atoms with E-state index in [-0.39, 0.29) is 6.04 Å². The van der Waals surface area contributed by atoms with Crippen molar-refractivity contribution < 1.29 is 0 Å².